The van der Waals surface area contributed by atoms with Crippen LogP contribution in [0, 0.1) is 10.1 Å². The Labute approximate surface area is 234 Å². The van der Waals surface area contributed by atoms with Crippen molar-refractivity contribution in [2.75, 3.05) is 23.9 Å². The summed E-state index contributed by atoms with van der Waals surface area (Å²) in [6.07, 6.45) is 1.52. The molecule has 3 aromatic carbocycles. The quantitative estimate of drug-likeness (QED) is 0.230. The molecular weight excluding hydrogens is 532 g/mol. The maximum atomic E-state index is 13.9. The van der Waals surface area contributed by atoms with Gasteiger partial charge in [0.2, 0.25) is 11.8 Å². The van der Waals surface area contributed by atoms with Crippen LogP contribution in [-0.4, -0.2) is 55.7 Å². The molecule has 212 valence electrons. The molecule has 1 unspecified atom stereocenters. The number of rotatable bonds is 14. The summed E-state index contributed by atoms with van der Waals surface area (Å²) in [5.41, 5.74) is 0.845. The molecule has 1 N–H and O–H groups in total. The minimum atomic E-state index is -4.23. The third-order valence-electron chi connectivity index (χ3n) is 6.38. The average Bonchev–Trinajstić information content (AvgIpc) is 2.97. The molecule has 0 aromatic heterocycles. The van der Waals surface area contributed by atoms with Gasteiger partial charge in [0.25, 0.3) is 15.7 Å². The Morgan fingerprint density at radius 3 is 2.08 bits per heavy atom. The zero-order valence-corrected chi connectivity index (χ0v) is 23.4. The van der Waals surface area contributed by atoms with Crippen molar-refractivity contribution in [1.82, 2.24) is 10.2 Å². The molecule has 0 saturated carbocycles. The topological polar surface area (TPSA) is 130 Å². The van der Waals surface area contributed by atoms with Crippen molar-refractivity contribution in [1.29, 1.82) is 0 Å². The number of hydrogen-bond donors (Lipinski definition) is 1. The van der Waals surface area contributed by atoms with Gasteiger partial charge in [0.05, 0.1) is 15.5 Å². The normalized spacial score (nSPS) is 11.8. The number of carbonyl (C=O) groups excluding carboxylic acids is 2. The second kappa shape index (κ2) is 14.2. The average molecular weight is 567 g/mol. The zero-order chi connectivity index (χ0) is 29.1. The van der Waals surface area contributed by atoms with Gasteiger partial charge in [0, 0.05) is 25.2 Å². The van der Waals surface area contributed by atoms with Crippen LogP contribution in [0.1, 0.15) is 32.3 Å². The molecule has 0 bridgehead atoms. The molecule has 0 heterocycles. The van der Waals surface area contributed by atoms with Gasteiger partial charge < -0.3 is 10.2 Å². The van der Waals surface area contributed by atoms with Gasteiger partial charge in [0.1, 0.15) is 12.6 Å². The van der Waals surface area contributed by atoms with E-state index in [1.165, 1.54) is 41.3 Å². The van der Waals surface area contributed by atoms with Crippen LogP contribution in [-0.2, 0) is 26.0 Å². The van der Waals surface area contributed by atoms with Crippen molar-refractivity contribution >= 4 is 33.2 Å². The number of nitrogens with zero attached hydrogens (tertiary/aromatic N) is 3. The smallest absolute Gasteiger partial charge is 0.269 e. The van der Waals surface area contributed by atoms with Crippen molar-refractivity contribution in [3.8, 4) is 0 Å². The summed E-state index contributed by atoms with van der Waals surface area (Å²) in [5, 5.41) is 14.0. The molecule has 0 aliphatic heterocycles. The lowest BCUT2D eigenvalue weighted by Crippen LogP contribution is -2.53. The fourth-order valence-corrected chi connectivity index (χ4v) is 5.69. The molecule has 0 aliphatic carbocycles. The highest BCUT2D eigenvalue weighted by Crippen LogP contribution is 2.26. The first-order valence-electron chi connectivity index (χ1n) is 13.1. The van der Waals surface area contributed by atoms with Crippen LogP contribution in [0.25, 0.3) is 0 Å². The maximum Gasteiger partial charge on any atom is 0.269 e. The van der Waals surface area contributed by atoms with Crippen LogP contribution in [0.5, 0.6) is 0 Å². The monoisotopic (exact) mass is 566 g/mol. The van der Waals surface area contributed by atoms with E-state index in [0.29, 0.717) is 19.4 Å². The van der Waals surface area contributed by atoms with Crippen LogP contribution in [0.3, 0.4) is 0 Å². The van der Waals surface area contributed by atoms with Crippen molar-refractivity contribution in [3.63, 3.8) is 0 Å². The molecule has 3 aromatic rings. The molecule has 0 fully saturated rings. The molecule has 0 spiro atoms. The van der Waals surface area contributed by atoms with E-state index in [0.717, 1.165) is 16.3 Å². The van der Waals surface area contributed by atoms with Crippen LogP contribution in [0.15, 0.2) is 89.8 Å². The highest BCUT2D eigenvalue weighted by molar-refractivity contribution is 7.92. The Morgan fingerprint density at radius 1 is 0.925 bits per heavy atom. The zero-order valence-electron chi connectivity index (χ0n) is 22.6. The third-order valence-corrected chi connectivity index (χ3v) is 8.17. The molecule has 40 heavy (non-hydrogen) atoms. The molecule has 0 radical (unpaired) electrons. The first-order valence-corrected chi connectivity index (χ1v) is 14.6. The number of amides is 2. The van der Waals surface area contributed by atoms with E-state index in [1.54, 1.807) is 25.1 Å². The Balaban J connectivity index is 2.00. The molecule has 3 rings (SSSR count). The number of nitro groups is 1. The summed E-state index contributed by atoms with van der Waals surface area (Å²) in [7, 11) is -4.23. The number of anilines is 1. The van der Waals surface area contributed by atoms with E-state index in [2.05, 4.69) is 5.32 Å². The van der Waals surface area contributed by atoms with Crippen molar-refractivity contribution in [3.05, 3.63) is 101 Å². The summed E-state index contributed by atoms with van der Waals surface area (Å²) in [6.45, 7) is 3.78. The largest absolute Gasteiger partial charge is 0.354 e. The van der Waals surface area contributed by atoms with E-state index in [9.17, 15) is 28.1 Å². The molecule has 0 saturated heterocycles. The Bertz CT molecular complexity index is 1380. The van der Waals surface area contributed by atoms with Crippen LogP contribution in [0.4, 0.5) is 11.4 Å². The van der Waals surface area contributed by atoms with Gasteiger partial charge in [-0.1, -0.05) is 62.4 Å². The first-order chi connectivity index (χ1) is 19.2. The Morgan fingerprint density at radius 2 is 1.52 bits per heavy atom. The van der Waals surface area contributed by atoms with Crippen molar-refractivity contribution < 1.29 is 22.9 Å². The van der Waals surface area contributed by atoms with Gasteiger partial charge in [-0.15, -0.1) is 0 Å². The number of hydrogen-bond acceptors (Lipinski definition) is 6. The van der Waals surface area contributed by atoms with E-state index < -0.39 is 33.4 Å². The standard InChI is InChI=1S/C29H34N4O6S/c1-3-20-30-29(35)27(4-2)31(21-19-23-11-7-5-8-12-23)28(34)22-32(24-15-17-25(18-16-24)33(36)37)40(38,39)26-13-9-6-10-14-26/h5-18,27H,3-4,19-22H2,1-2H3,(H,30,35). The lowest BCUT2D eigenvalue weighted by molar-refractivity contribution is -0.384. The lowest BCUT2D eigenvalue weighted by Gasteiger charge is -2.33. The highest BCUT2D eigenvalue weighted by atomic mass is 32.2. The van der Waals surface area contributed by atoms with Gasteiger partial charge in [-0.3, -0.25) is 24.0 Å². The van der Waals surface area contributed by atoms with E-state index in [-0.39, 0.29) is 28.7 Å². The van der Waals surface area contributed by atoms with Crippen LogP contribution < -0.4 is 9.62 Å². The third kappa shape index (κ3) is 7.66. The number of sulfonamides is 1. The fraction of sp³-hybridized carbons (Fsp3) is 0.310. The minimum Gasteiger partial charge on any atom is -0.354 e. The van der Waals surface area contributed by atoms with Gasteiger partial charge in [0.15, 0.2) is 0 Å². The SMILES string of the molecule is CCCNC(=O)C(CC)N(CCc1ccccc1)C(=O)CN(c1ccc([N+](=O)[O-])cc1)S(=O)(=O)c1ccccc1. The van der Waals surface area contributed by atoms with E-state index >= 15 is 0 Å². The van der Waals surface area contributed by atoms with Gasteiger partial charge >= 0.3 is 0 Å². The number of nitrogens with one attached hydrogen (secondary N) is 1. The molecule has 10 nitrogen and oxygen atoms in total. The maximum absolute atomic E-state index is 13.9. The number of nitro benzene ring substituents is 1. The second-order valence-corrected chi connectivity index (χ2v) is 11.0. The van der Waals surface area contributed by atoms with E-state index in [4.69, 9.17) is 0 Å². The predicted octanol–water partition coefficient (Wildman–Crippen LogP) is 4.17. The van der Waals surface area contributed by atoms with Crippen LogP contribution >= 0.6 is 0 Å². The summed E-state index contributed by atoms with van der Waals surface area (Å²) >= 11 is 0. The molecule has 1 atom stereocenters. The van der Waals surface area contributed by atoms with Gasteiger partial charge in [-0.05, 0) is 49.1 Å². The molecule has 0 aliphatic rings. The van der Waals surface area contributed by atoms with Crippen LogP contribution in [0.2, 0.25) is 0 Å². The fourth-order valence-electron chi connectivity index (χ4n) is 4.25. The minimum absolute atomic E-state index is 0.0373. The first kappa shape index (κ1) is 30.3. The van der Waals surface area contributed by atoms with Gasteiger partial charge in [-0.2, -0.15) is 0 Å². The number of non-ortho nitro benzene ring substituents is 1. The highest BCUT2D eigenvalue weighted by Gasteiger charge is 2.33. The van der Waals surface area contributed by atoms with Crippen molar-refractivity contribution in [2.24, 2.45) is 0 Å². The second-order valence-electron chi connectivity index (χ2n) is 9.14. The van der Waals surface area contributed by atoms with Gasteiger partial charge in [-0.25, -0.2) is 8.42 Å². The summed E-state index contributed by atoms with van der Waals surface area (Å²) < 4.78 is 28.4. The Kier molecular flexibility index (Phi) is 10.8. The Hall–Kier alpha value is -4.25. The molecule has 11 heteroatoms. The molecule has 2 amide bonds. The lowest BCUT2D eigenvalue weighted by atomic mass is 10.1. The predicted molar refractivity (Wildman–Crippen MR) is 153 cm³/mol. The van der Waals surface area contributed by atoms with Crippen molar-refractivity contribution in [2.45, 2.75) is 44.0 Å². The summed E-state index contributed by atoms with van der Waals surface area (Å²) in [5.74, 6) is -0.870. The molecular formula is C29H34N4O6S. The summed E-state index contributed by atoms with van der Waals surface area (Å²) in [4.78, 5) is 39.0. The number of benzene rings is 3. The van der Waals surface area contributed by atoms with E-state index in [1.807, 2.05) is 37.3 Å². The number of carbonyl (C=O) groups is 2. The summed E-state index contributed by atoms with van der Waals surface area (Å²) in [6, 6.07) is 21.3.